The van der Waals surface area contributed by atoms with E-state index in [2.05, 4.69) is 48.5 Å². The van der Waals surface area contributed by atoms with Crippen molar-refractivity contribution in [1.29, 1.82) is 0 Å². The molecule has 0 spiro atoms. The fourth-order valence-electron chi connectivity index (χ4n) is 1.04. The number of nitrogens with zero attached hydrogens (tertiary/aromatic N) is 2. The second-order valence-corrected chi connectivity index (χ2v) is 4.34. The molecule has 0 bridgehead atoms. The lowest BCUT2D eigenvalue weighted by molar-refractivity contribution is 0.476. The summed E-state index contributed by atoms with van der Waals surface area (Å²) in [5, 5.41) is 10.5. The molecule has 0 radical (unpaired) electrons. The van der Waals surface area contributed by atoms with Gasteiger partial charge in [-0.25, -0.2) is 9.97 Å². The van der Waals surface area contributed by atoms with Crippen LogP contribution in [-0.2, 0) is 0 Å². The molecular weight excluding hydrogens is 347 g/mol. The minimum absolute atomic E-state index is 0.209. The van der Waals surface area contributed by atoms with Crippen molar-refractivity contribution < 1.29 is 5.11 Å². The van der Waals surface area contributed by atoms with Crippen LogP contribution in [0.3, 0.4) is 0 Å². The van der Waals surface area contributed by atoms with Gasteiger partial charge in [-0.3, -0.25) is 0 Å². The van der Waals surface area contributed by atoms with Gasteiger partial charge in [0.1, 0.15) is 5.52 Å². The van der Waals surface area contributed by atoms with E-state index < -0.39 is 0 Å². The fourth-order valence-corrected chi connectivity index (χ4v) is 1.75. The first-order valence-corrected chi connectivity index (χ1v) is 5.35. The molecule has 0 fully saturated rings. The maximum absolute atomic E-state index is 9.66. The molecule has 0 amide bonds. The zero-order valence-corrected chi connectivity index (χ0v) is 10.1. The smallest absolute Gasteiger partial charge is 0.197 e. The molecule has 2 rings (SSSR count). The van der Waals surface area contributed by atoms with E-state index in [0.29, 0.717) is 10.3 Å². The van der Waals surface area contributed by atoms with Crippen molar-refractivity contribution in [3.8, 4) is 5.75 Å². The van der Waals surface area contributed by atoms with Gasteiger partial charge in [-0.15, -0.1) is 0 Å². The summed E-state index contributed by atoms with van der Waals surface area (Å²) in [5.41, 5.74) is 0.578. The summed E-state index contributed by atoms with van der Waals surface area (Å²) < 4.78 is 1.27. The number of hydrogen-bond acceptors (Lipinski definition) is 3. The molecule has 13 heavy (non-hydrogen) atoms. The Morgan fingerprint density at radius 3 is 2.92 bits per heavy atom. The Bertz CT molecular complexity index is 470. The Labute approximate surface area is 96.5 Å². The minimum atomic E-state index is 0.209. The van der Waals surface area contributed by atoms with Crippen LogP contribution in [0.1, 0.15) is 0 Å². The van der Waals surface area contributed by atoms with Gasteiger partial charge in [-0.05, 0) is 50.7 Å². The Morgan fingerprint density at radius 2 is 2.15 bits per heavy atom. The van der Waals surface area contributed by atoms with Crippen molar-refractivity contribution in [1.82, 2.24) is 9.97 Å². The summed E-state index contributed by atoms with van der Waals surface area (Å²) in [6, 6.07) is 3.71. The van der Waals surface area contributed by atoms with Gasteiger partial charge in [0, 0.05) is 11.6 Å². The lowest BCUT2D eigenvalue weighted by Gasteiger charge is -2.01. The van der Waals surface area contributed by atoms with Gasteiger partial charge in [0.15, 0.2) is 10.5 Å². The molecule has 1 aromatic heterocycles. The molecule has 0 aliphatic rings. The van der Waals surface area contributed by atoms with Gasteiger partial charge in [-0.1, -0.05) is 0 Å². The number of aromatic nitrogens is 2. The predicted molar refractivity (Wildman–Crippen MR) is 61.6 cm³/mol. The van der Waals surface area contributed by atoms with Crippen molar-refractivity contribution in [2.24, 2.45) is 0 Å². The van der Waals surface area contributed by atoms with E-state index in [1.807, 2.05) is 12.1 Å². The molecule has 0 aliphatic heterocycles. The molecule has 0 saturated heterocycles. The molecule has 3 nitrogen and oxygen atoms in total. The molecule has 1 aromatic carbocycles. The van der Waals surface area contributed by atoms with Crippen LogP contribution in [0.5, 0.6) is 5.75 Å². The van der Waals surface area contributed by atoms with Gasteiger partial charge >= 0.3 is 0 Å². The van der Waals surface area contributed by atoms with Crippen molar-refractivity contribution in [3.05, 3.63) is 26.6 Å². The van der Waals surface area contributed by atoms with E-state index in [0.717, 1.165) is 8.96 Å². The summed E-state index contributed by atoms with van der Waals surface area (Å²) in [6.07, 6.45) is 1.67. The zero-order chi connectivity index (χ0) is 9.42. The molecule has 1 heterocycles. The second-order valence-electron chi connectivity index (χ2n) is 2.47. The van der Waals surface area contributed by atoms with Crippen molar-refractivity contribution in [2.75, 3.05) is 0 Å². The Morgan fingerprint density at radius 1 is 1.38 bits per heavy atom. The molecule has 66 valence electrons. The van der Waals surface area contributed by atoms with Crippen LogP contribution in [0.2, 0.25) is 0 Å². The molecular formula is C8H4BrIN2O. The lowest BCUT2D eigenvalue weighted by atomic mass is 10.2. The summed E-state index contributed by atoms with van der Waals surface area (Å²) in [5.74, 6) is 0.209. The average Bonchev–Trinajstić information content (AvgIpc) is 2.12. The molecule has 1 N–H and O–H groups in total. The highest BCUT2D eigenvalue weighted by molar-refractivity contribution is 14.1. The third-order valence-corrected chi connectivity index (χ3v) is 2.90. The summed E-state index contributed by atoms with van der Waals surface area (Å²) in [4.78, 5) is 8.06. The Kier molecular flexibility index (Phi) is 2.37. The maximum atomic E-state index is 9.66. The number of halogens is 2. The number of phenolic OH excluding ortho intramolecular Hbond substituents is 1. The van der Waals surface area contributed by atoms with Gasteiger partial charge in [0.2, 0.25) is 0 Å². The third-order valence-electron chi connectivity index (χ3n) is 1.65. The summed E-state index contributed by atoms with van der Waals surface area (Å²) in [7, 11) is 0. The molecule has 0 aliphatic carbocycles. The van der Waals surface area contributed by atoms with Crippen LogP contribution in [0.25, 0.3) is 10.9 Å². The van der Waals surface area contributed by atoms with Gasteiger partial charge in [0.25, 0.3) is 0 Å². The largest absolute Gasteiger partial charge is 0.505 e. The third kappa shape index (κ3) is 1.62. The van der Waals surface area contributed by atoms with Crippen molar-refractivity contribution in [2.45, 2.75) is 0 Å². The number of rotatable bonds is 0. The van der Waals surface area contributed by atoms with E-state index in [4.69, 9.17) is 0 Å². The first-order chi connectivity index (χ1) is 6.18. The van der Waals surface area contributed by atoms with Crippen LogP contribution in [0.15, 0.2) is 23.1 Å². The van der Waals surface area contributed by atoms with Gasteiger partial charge < -0.3 is 5.11 Å². The highest BCUT2D eigenvalue weighted by Crippen LogP contribution is 2.28. The first kappa shape index (κ1) is 9.14. The molecule has 0 unspecified atom stereocenters. The van der Waals surface area contributed by atoms with Crippen molar-refractivity contribution in [3.63, 3.8) is 0 Å². The second kappa shape index (κ2) is 3.38. The van der Waals surface area contributed by atoms with E-state index in [1.165, 1.54) is 0 Å². The maximum Gasteiger partial charge on any atom is 0.197 e. The fraction of sp³-hybridized carbons (Fsp3) is 0. The normalized spacial score (nSPS) is 10.6. The Hall–Kier alpha value is -0.430. The van der Waals surface area contributed by atoms with Crippen LogP contribution >= 0.6 is 38.5 Å². The quantitative estimate of drug-likeness (QED) is 0.587. The number of benzene rings is 1. The van der Waals surface area contributed by atoms with E-state index in [-0.39, 0.29) is 5.75 Å². The predicted octanol–water partition coefficient (Wildman–Crippen LogP) is 2.70. The molecule has 0 saturated carbocycles. The summed E-state index contributed by atoms with van der Waals surface area (Å²) in [6.45, 7) is 0. The van der Waals surface area contributed by atoms with Crippen LogP contribution in [0.4, 0.5) is 0 Å². The Balaban J connectivity index is 2.89. The summed E-state index contributed by atoms with van der Waals surface area (Å²) >= 11 is 5.21. The highest BCUT2D eigenvalue weighted by Gasteiger charge is 2.05. The highest BCUT2D eigenvalue weighted by atomic mass is 127. The van der Waals surface area contributed by atoms with Crippen LogP contribution < -0.4 is 0 Å². The standard InChI is InChI=1S/C8H4BrIN2O/c9-8-11-3-4-1-2-5(10)7(13)6(4)12-8/h1-3,13H. The SMILES string of the molecule is Oc1c(I)ccc2cnc(Br)nc12. The minimum Gasteiger partial charge on any atom is -0.505 e. The van der Waals surface area contributed by atoms with E-state index in [1.54, 1.807) is 6.20 Å². The van der Waals surface area contributed by atoms with Crippen LogP contribution in [-0.4, -0.2) is 15.1 Å². The van der Waals surface area contributed by atoms with E-state index >= 15 is 0 Å². The first-order valence-electron chi connectivity index (χ1n) is 3.48. The number of aromatic hydroxyl groups is 1. The monoisotopic (exact) mass is 350 g/mol. The average molecular weight is 351 g/mol. The number of phenols is 1. The topological polar surface area (TPSA) is 46.0 Å². The molecule has 5 heteroatoms. The zero-order valence-electron chi connectivity index (χ0n) is 6.33. The van der Waals surface area contributed by atoms with Crippen LogP contribution in [0, 0.1) is 3.57 Å². The number of hydrogen-bond donors (Lipinski definition) is 1. The van der Waals surface area contributed by atoms with E-state index in [9.17, 15) is 5.11 Å². The van der Waals surface area contributed by atoms with Gasteiger partial charge in [-0.2, -0.15) is 0 Å². The van der Waals surface area contributed by atoms with Gasteiger partial charge in [0.05, 0.1) is 3.57 Å². The lowest BCUT2D eigenvalue weighted by Crippen LogP contribution is -1.86. The molecule has 0 atom stereocenters. The van der Waals surface area contributed by atoms with Crippen molar-refractivity contribution >= 4 is 49.4 Å². The molecule has 2 aromatic rings. The number of fused-ring (bicyclic) bond motifs is 1.